The molecule has 0 amide bonds. The summed E-state index contributed by atoms with van der Waals surface area (Å²) in [6, 6.07) is 7.38. The van der Waals surface area contributed by atoms with E-state index in [0.717, 1.165) is 12.1 Å². The molecular weight excluding hydrogens is 291 g/mol. The molecule has 1 N–H and O–H groups in total. The first-order valence-electron chi connectivity index (χ1n) is 6.53. The average molecular weight is 310 g/mol. The number of hydrogen-bond donors (Lipinski definition) is 1. The van der Waals surface area contributed by atoms with Crippen LogP contribution < -0.4 is 5.32 Å². The highest BCUT2D eigenvalue weighted by Gasteiger charge is 2.27. The minimum atomic E-state index is -4.27. The van der Waals surface area contributed by atoms with Gasteiger partial charge in [0.25, 0.3) is 0 Å². The maximum Gasteiger partial charge on any atom is 0.411 e. The number of benzene rings is 1. The molecule has 1 unspecified atom stereocenters. The number of alkyl halides is 3. The predicted molar refractivity (Wildman–Crippen MR) is 74.2 cm³/mol. The smallest absolute Gasteiger partial charge is 0.372 e. The Morgan fingerprint density at radius 2 is 2.10 bits per heavy atom. The quantitative estimate of drug-likeness (QED) is 0.733. The van der Waals surface area contributed by atoms with E-state index in [2.05, 4.69) is 10.1 Å². The minimum absolute atomic E-state index is 0.0715. The van der Waals surface area contributed by atoms with Gasteiger partial charge < -0.3 is 10.1 Å². The third-order valence-corrected chi connectivity index (χ3v) is 3.07. The van der Waals surface area contributed by atoms with Gasteiger partial charge in [-0.25, -0.2) is 0 Å². The highest BCUT2D eigenvalue weighted by molar-refractivity contribution is 6.30. The van der Waals surface area contributed by atoms with Crippen LogP contribution in [0.15, 0.2) is 24.3 Å². The molecule has 0 aromatic heterocycles. The van der Waals surface area contributed by atoms with Crippen molar-refractivity contribution in [3.05, 3.63) is 34.9 Å². The van der Waals surface area contributed by atoms with Gasteiger partial charge in [0.05, 0.1) is 0 Å². The van der Waals surface area contributed by atoms with Gasteiger partial charge in [0, 0.05) is 18.2 Å². The zero-order chi connectivity index (χ0) is 15.0. The SMILES string of the molecule is CCNCC(CCOCC(F)(F)F)c1cccc(Cl)c1. The lowest BCUT2D eigenvalue weighted by Gasteiger charge is -2.18. The minimum Gasteiger partial charge on any atom is -0.372 e. The van der Waals surface area contributed by atoms with E-state index >= 15 is 0 Å². The third-order valence-electron chi connectivity index (χ3n) is 2.84. The molecule has 0 spiro atoms. The van der Waals surface area contributed by atoms with Crippen LogP contribution in [-0.2, 0) is 4.74 Å². The van der Waals surface area contributed by atoms with E-state index in [1.807, 2.05) is 25.1 Å². The number of nitrogens with one attached hydrogen (secondary N) is 1. The van der Waals surface area contributed by atoms with E-state index in [9.17, 15) is 13.2 Å². The van der Waals surface area contributed by atoms with Crippen molar-refractivity contribution in [3.63, 3.8) is 0 Å². The summed E-state index contributed by atoms with van der Waals surface area (Å²) in [5, 5.41) is 3.83. The highest BCUT2D eigenvalue weighted by Crippen LogP contribution is 2.23. The zero-order valence-corrected chi connectivity index (χ0v) is 12.1. The molecule has 0 aliphatic carbocycles. The lowest BCUT2D eigenvalue weighted by molar-refractivity contribution is -0.174. The summed E-state index contributed by atoms with van der Waals surface area (Å²) in [7, 11) is 0. The molecular formula is C14H19ClF3NO. The maximum atomic E-state index is 12.0. The molecule has 0 saturated carbocycles. The fourth-order valence-electron chi connectivity index (χ4n) is 1.88. The van der Waals surface area contributed by atoms with Gasteiger partial charge in [-0.1, -0.05) is 30.7 Å². The number of rotatable bonds is 8. The molecule has 0 heterocycles. The first-order valence-corrected chi connectivity index (χ1v) is 6.91. The van der Waals surface area contributed by atoms with Crippen molar-refractivity contribution in [3.8, 4) is 0 Å². The summed E-state index contributed by atoms with van der Waals surface area (Å²) < 4.78 is 40.7. The van der Waals surface area contributed by atoms with E-state index in [0.29, 0.717) is 18.0 Å². The molecule has 0 radical (unpaired) electrons. The van der Waals surface area contributed by atoms with Crippen molar-refractivity contribution in [1.82, 2.24) is 5.32 Å². The van der Waals surface area contributed by atoms with Crippen molar-refractivity contribution in [2.24, 2.45) is 0 Å². The van der Waals surface area contributed by atoms with Crippen molar-refractivity contribution in [2.45, 2.75) is 25.4 Å². The van der Waals surface area contributed by atoms with E-state index in [1.165, 1.54) is 0 Å². The van der Waals surface area contributed by atoms with Crippen LogP contribution in [0.1, 0.15) is 24.8 Å². The fraction of sp³-hybridized carbons (Fsp3) is 0.571. The van der Waals surface area contributed by atoms with Crippen LogP contribution in [0.3, 0.4) is 0 Å². The van der Waals surface area contributed by atoms with Crippen molar-refractivity contribution in [1.29, 1.82) is 0 Å². The van der Waals surface area contributed by atoms with E-state index in [-0.39, 0.29) is 12.5 Å². The summed E-state index contributed by atoms with van der Waals surface area (Å²) >= 11 is 5.94. The van der Waals surface area contributed by atoms with Crippen LogP contribution >= 0.6 is 11.6 Å². The van der Waals surface area contributed by atoms with E-state index in [1.54, 1.807) is 6.07 Å². The molecule has 0 bridgehead atoms. The summed E-state index contributed by atoms with van der Waals surface area (Å²) in [4.78, 5) is 0. The number of halogens is 4. The van der Waals surface area contributed by atoms with Gasteiger partial charge in [-0.05, 0) is 36.6 Å². The second kappa shape index (κ2) is 8.49. The van der Waals surface area contributed by atoms with Gasteiger partial charge in [0.15, 0.2) is 0 Å². The Kier molecular flexibility index (Phi) is 7.34. The molecule has 0 aliphatic rings. The number of likely N-dealkylation sites (N-methyl/N-ethyl adjacent to an activating group) is 1. The van der Waals surface area contributed by atoms with Gasteiger partial charge in [-0.15, -0.1) is 0 Å². The second-order valence-corrected chi connectivity index (χ2v) is 4.95. The summed E-state index contributed by atoms with van der Waals surface area (Å²) in [6.45, 7) is 2.35. The molecule has 0 aliphatic heterocycles. The fourth-order valence-corrected chi connectivity index (χ4v) is 2.08. The van der Waals surface area contributed by atoms with E-state index in [4.69, 9.17) is 11.6 Å². The van der Waals surface area contributed by atoms with Crippen LogP contribution in [0.25, 0.3) is 0 Å². The summed E-state index contributed by atoms with van der Waals surface area (Å²) in [6.07, 6.45) is -3.75. The molecule has 20 heavy (non-hydrogen) atoms. The molecule has 6 heteroatoms. The Hall–Kier alpha value is -0.780. The Morgan fingerprint density at radius 3 is 2.70 bits per heavy atom. The average Bonchev–Trinajstić information content (AvgIpc) is 2.36. The maximum absolute atomic E-state index is 12.0. The van der Waals surface area contributed by atoms with Crippen molar-refractivity contribution >= 4 is 11.6 Å². The van der Waals surface area contributed by atoms with Crippen LogP contribution in [0.4, 0.5) is 13.2 Å². The topological polar surface area (TPSA) is 21.3 Å². The molecule has 0 saturated heterocycles. The Bertz CT molecular complexity index is 398. The summed E-state index contributed by atoms with van der Waals surface area (Å²) in [5.41, 5.74) is 1.01. The van der Waals surface area contributed by atoms with Gasteiger partial charge in [-0.3, -0.25) is 0 Å². The first-order chi connectivity index (χ1) is 9.42. The highest BCUT2D eigenvalue weighted by atomic mass is 35.5. The van der Waals surface area contributed by atoms with Gasteiger partial charge in [-0.2, -0.15) is 13.2 Å². The monoisotopic (exact) mass is 309 g/mol. The molecule has 2 nitrogen and oxygen atoms in total. The standard InChI is InChI=1S/C14H19ClF3NO/c1-2-19-9-12(6-7-20-10-14(16,17)18)11-4-3-5-13(15)8-11/h3-5,8,12,19H,2,6-7,9-10H2,1H3. The molecule has 1 rings (SSSR count). The normalized spacial score (nSPS) is 13.4. The number of hydrogen-bond acceptors (Lipinski definition) is 2. The lowest BCUT2D eigenvalue weighted by Crippen LogP contribution is -2.23. The molecule has 1 atom stereocenters. The van der Waals surface area contributed by atoms with Crippen molar-refractivity contribution < 1.29 is 17.9 Å². The number of ether oxygens (including phenoxy) is 1. The third kappa shape index (κ3) is 7.12. The molecule has 114 valence electrons. The molecule has 1 aromatic rings. The Labute approximate surface area is 122 Å². The van der Waals surface area contributed by atoms with Crippen molar-refractivity contribution in [2.75, 3.05) is 26.3 Å². The second-order valence-electron chi connectivity index (χ2n) is 4.52. The lowest BCUT2D eigenvalue weighted by atomic mass is 9.96. The van der Waals surface area contributed by atoms with Crippen LogP contribution in [0.5, 0.6) is 0 Å². The van der Waals surface area contributed by atoms with Gasteiger partial charge >= 0.3 is 6.18 Å². The van der Waals surface area contributed by atoms with Gasteiger partial charge in [0.2, 0.25) is 0 Å². The van der Waals surface area contributed by atoms with Crippen LogP contribution in [0.2, 0.25) is 5.02 Å². The van der Waals surface area contributed by atoms with Crippen LogP contribution in [0, 0.1) is 0 Å². The van der Waals surface area contributed by atoms with E-state index < -0.39 is 12.8 Å². The first kappa shape index (κ1) is 17.3. The Balaban J connectivity index is 2.52. The Morgan fingerprint density at radius 1 is 1.35 bits per heavy atom. The van der Waals surface area contributed by atoms with Gasteiger partial charge in [0.1, 0.15) is 6.61 Å². The largest absolute Gasteiger partial charge is 0.411 e. The summed E-state index contributed by atoms with van der Waals surface area (Å²) in [5.74, 6) is 0.0851. The molecule has 0 fully saturated rings. The predicted octanol–water partition coefficient (Wildman–Crippen LogP) is 4.00. The zero-order valence-electron chi connectivity index (χ0n) is 11.3. The molecule has 1 aromatic carbocycles. The van der Waals surface area contributed by atoms with Crippen LogP contribution in [-0.4, -0.2) is 32.5 Å².